The summed E-state index contributed by atoms with van der Waals surface area (Å²) in [5.41, 5.74) is 4.41. The molecule has 0 atom stereocenters. The number of hydrogen-bond donors (Lipinski definition) is 2. The standard InChI is InChI=1S/C5H11NOS/c1-5(2,7)3-4(6)8/h7H,3H2,1-2H3,(H2,6,8). The van der Waals surface area contributed by atoms with E-state index >= 15 is 0 Å². The predicted octanol–water partition coefficient (Wildman–Crippen LogP) is 0.434. The Balaban J connectivity index is 3.55. The monoisotopic (exact) mass is 133 g/mol. The van der Waals surface area contributed by atoms with Gasteiger partial charge < -0.3 is 10.8 Å². The molecule has 0 saturated carbocycles. The zero-order chi connectivity index (χ0) is 6.78. The Morgan fingerprint density at radius 2 is 2.12 bits per heavy atom. The van der Waals surface area contributed by atoms with Crippen LogP contribution >= 0.6 is 12.2 Å². The lowest BCUT2D eigenvalue weighted by Gasteiger charge is -2.14. The van der Waals surface area contributed by atoms with Gasteiger partial charge in [-0.05, 0) is 13.8 Å². The predicted molar refractivity (Wildman–Crippen MR) is 37.7 cm³/mol. The molecule has 0 aliphatic heterocycles. The first-order chi connectivity index (χ1) is 3.42. The SMILES string of the molecule is CC(C)(O)CC(N)=S. The van der Waals surface area contributed by atoms with Gasteiger partial charge in [0.2, 0.25) is 0 Å². The third-order valence-electron chi connectivity index (χ3n) is 0.607. The van der Waals surface area contributed by atoms with Crippen molar-refractivity contribution in [2.45, 2.75) is 25.9 Å². The number of hydrogen-bond acceptors (Lipinski definition) is 2. The normalized spacial score (nSPS) is 11.4. The summed E-state index contributed by atoms with van der Waals surface area (Å²) in [5.74, 6) is 0. The van der Waals surface area contributed by atoms with E-state index in [0.29, 0.717) is 11.4 Å². The van der Waals surface area contributed by atoms with Crippen LogP contribution in [-0.4, -0.2) is 15.7 Å². The van der Waals surface area contributed by atoms with E-state index in [1.54, 1.807) is 13.8 Å². The first kappa shape index (κ1) is 7.85. The smallest absolute Gasteiger partial charge is 0.0755 e. The fourth-order valence-corrected chi connectivity index (χ4v) is 0.780. The first-order valence-corrected chi connectivity index (χ1v) is 2.83. The van der Waals surface area contributed by atoms with Crippen molar-refractivity contribution < 1.29 is 5.11 Å². The number of nitrogens with two attached hydrogens (primary N) is 1. The van der Waals surface area contributed by atoms with Gasteiger partial charge in [-0.3, -0.25) is 0 Å². The van der Waals surface area contributed by atoms with Crippen molar-refractivity contribution in [1.29, 1.82) is 0 Å². The molecule has 0 fully saturated rings. The van der Waals surface area contributed by atoms with Crippen molar-refractivity contribution in [2.24, 2.45) is 5.73 Å². The third kappa shape index (κ3) is 5.85. The highest BCUT2D eigenvalue weighted by atomic mass is 32.1. The second-order valence-electron chi connectivity index (χ2n) is 2.46. The highest BCUT2D eigenvalue weighted by molar-refractivity contribution is 7.80. The summed E-state index contributed by atoms with van der Waals surface area (Å²) in [6.45, 7) is 3.35. The Morgan fingerprint density at radius 1 is 1.75 bits per heavy atom. The molecule has 0 aromatic carbocycles. The Hall–Kier alpha value is -0.150. The molecular formula is C5H11NOS. The van der Waals surface area contributed by atoms with Gasteiger partial charge in [0.25, 0.3) is 0 Å². The molecule has 8 heavy (non-hydrogen) atoms. The fourth-order valence-electron chi connectivity index (χ4n) is 0.426. The van der Waals surface area contributed by atoms with Crippen LogP contribution in [0.25, 0.3) is 0 Å². The topological polar surface area (TPSA) is 46.2 Å². The zero-order valence-electron chi connectivity index (χ0n) is 5.14. The van der Waals surface area contributed by atoms with Gasteiger partial charge in [0.1, 0.15) is 0 Å². The van der Waals surface area contributed by atoms with Gasteiger partial charge in [-0.1, -0.05) is 12.2 Å². The van der Waals surface area contributed by atoms with E-state index < -0.39 is 5.60 Å². The van der Waals surface area contributed by atoms with E-state index in [1.165, 1.54) is 0 Å². The van der Waals surface area contributed by atoms with Crippen LogP contribution in [0, 0.1) is 0 Å². The highest BCUT2D eigenvalue weighted by Gasteiger charge is 2.12. The molecule has 0 heterocycles. The summed E-state index contributed by atoms with van der Waals surface area (Å²) in [7, 11) is 0. The average Bonchev–Trinajstić information content (AvgIpc) is 1.21. The molecule has 0 aromatic rings. The van der Waals surface area contributed by atoms with Gasteiger partial charge in [0.15, 0.2) is 0 Å². The maximum atomic E-state index is 9.02. The van der Waals surface area contributed by atoms with Crippen LogP contribution in [0.15, 0.2) is 0 Å². The molecule has 3 N–H and O–H groups in total. The van der Waals surface area contributed by atoms with Gasteiger partial charge in [0, 0.05) is 6.42 Å². The first-order valence-electron chi connectivity index (χ1n) is 2.42. The molecular weight excluding hydrogens is 122 g/mol. The molecule has 0 rings (SSSR count). The van der Waals surface area contributed by atoms with Crippen LogP contribution < -0.4 is 5.73 Å². The summed E-state index contributed by atoms with van der Waals surface area (Å²) < 4.78 is 0. The van der Waals surface area contributed by atoms with Crippen molar-refractivity contribution in [3.8, 4) is 0 Å². The Morgan fingerprint density at radius 3 is 2.12 bits per heavy atom. The van der Waals surface area contributed by atoms with E-state index in [1.807, 2.05) is 0 Å². The molecule has 0 unspecified atom stereocenters. The average molecular weight is 133 g/mol. The number of thiocarbonyl (C=S) groups is 1. The molecule has 48 valence electrons. The van der Waals surface area contributed by atoms with Crippen molar-refractivity contribution in [2.75, 3.05) is 0 Å². The van der Waals surface area contributed by atoms with E-state index in [-0.39, 0.29) is 0 Å². The molecule has 0 amide bonds. The zero-order valence-corrected chi connectivity index (χ0v) is 5.96. The van der Waals surface area contributed by atoms with Crippen LogP contribution in [0.5, 0.6) is 0 Å². The maximum absolute atomic E-state index is 9.02. The molecule has 0 aliphatic carbocycles. The minimum absolute atomic E-state index is 0.359. The lowest BCUT2D eigenvalue weighted by atomic mass is 10.1. The Bertz CT molecular complexity index is 95.1. The molecule has 0 radical (unpaired) electrons. The van der Waals surface area contributed by atoms with Crippen molar-refractivity contribution in [1.82, 2.24) is 0 Å². The molecule has 0 saturated heterocycles. The van der Waals surface area contributed by atoms with Gasteiger partial charge >= 0.3 is 0 Å². The molecule has 0 aliphatic rings. The van der Waals surface area contributed by atoms with Gasteiger partial charge in [-0.15, -0.1) is 0 Å². The van der Waals surface area contributed by atoms with Crippen LogP contribution in [0.3, 0.4) is 0 Å². The summed E-state index contributed by atoms with van der Waals surface area (Å²) in [6.07, 6.45) is 0.391. The third-order valence-corrected chi connectivity index (χ3v) is 0.751. The van der Waals surface area contributed by atoms with Gasteiger partial charge in [-0.25, -0.2) is 0 Å². The second-order valence-corrected chi connectivity index (χ2v) is 2.98. The largest absolute Gasteiger partial charge is 0.393 e. The van der Waals surface area contributed by atoms with E-state index in [4.69, 9.17) is 10.8 Å². The maximum Gasteiger partial charge on any atom is 0.0755 e. The van der Waals surface area contributed by atoms with E-state index in [2.05, 4.69) is 12.2 Å². The number of aliphatic hydroxyl groups is 1. The van der Waals surface area contributed by atoms with Gasteiger partial charge in [-0.2, -0.15) is 0 Å². The Kier molecular flexibility index (Phi) is 2.37. The van der Waals surface area contributed by atoms with E-state index in [0.717, 1.165) is 0 Å². The molecule has 2 nitrogen and oxygen atoms in total. The van der Waals surface area contributed by atoms with Crippen molar-refractivity contribution in [3.63, 3.8) is 0 Å². The number of rotatable bonds is 2. The molecule has 0 aromatic heterocycles. The lowest BCUT2D eigenvalue weighted by molar-refractivity contribution is 0.0889. The van der Waals surface area contributed by atoms with Crippen molar-refractivity contribution >= 4 is 17.2 Å². The summed E-state index contributed by atoms with van der Waals surface area (Å²) in [4.78, 5) is 0.359. The van der Waals surface area contributed by atoms with Crippen LogP contribution in [-0.2, 0) is 0 Å². The second kappa shape index (κ2) is 2.42. The minimum Gasteiger partial charge on any atom is -0.393 e. The van der Waals surface area contributed by atoms with Crippen LogP contribution in [0.4, 0.5) is 0 Å². The van der Waals surface area contributed by atoms with Crippen molar-refractivity contribution in [3.05, 3.63) is 0 Å². The quantitative estimate of drug-likeness (QED) is 0.537. The Labute approximate surface area is 54.7 Å². The molecule has 0 bridgehead atoms. The van der Waals surface area contributed by atoms with E-state index in [9.17, 15) is 0 Å². The molecule has 3 heteroatoms. The summed E-state index contributed by atoms with van der Waals surface area (Å²) >= 11 is 4.56. The fraction of sp³-hybridized carbons (Fsp3) is 0.800. The van der Waals surface area contributed by atoms with Gasteiger partial charge in [0.05, 0.1) is 10.6 Å². The van der Waals surface area contributed by atoms with Crippen LogP contribution in [0.1, 0.15) is 20.3 Å². The summed E-state index contributed by atoms with van der Waals surface area (Å²) in [6, 6.07) is 0. The van der Waals surface area contributed by atoms with Crippen LogP contribution in [0.2, 0.25) is 0 Å². The summed E-state index contributed by atoms with van der Waals surface area (Å²) in [5, 5.41) is 9.02. The molecule has 0 spiro atoms. The minimum atomic E-state index is -0.744. The lowest BCUT2D eigenvalue weighted by Crippen LogP contribution is -2.26. The highest BCUT2D eigenvalue weighted by Crippen LogP contribution is 2.05.